The third-order valence-electron chi connectivity index (χ3n) is 5.42. The average Bonchev–Trinajstić information content (AvgIpc) is 2.99. The van der Waals surface area contributed by atoms with Gasteiger partial charge >= 0.3 is 0 Å². The van der Waals surface area contributed by atoms with Crippen molar-refractivity contribution in [2.75, 3.05) is 13.1 Å². The van der Waals surface area contributed by atoms with Crippen LogP contribution in [0.5, 0.6) is 0 Å². The maximum absolute atomic E-state index is 12.9. The molecule has 0 aromatic rings. The van der Waals surface area contributed by atoms with Crippen molar-refractivity contribution in [2.45, 2.75) is 95.9 Å². The minimum Gasteiger partial charge on any atom is -0.298 e. The van der Waals surface area contributed by atoms with Gasteiger partial charge in [0.15, 0.2) is 5.78 Å². The van der Waals surface area contributed by atoms with Gasteiger partial charge in [-0.05, 0) is 45.2 Å². The predicted octanol–water partition coefficient (Wildman–Crippen LogP) is 4.71. The molecule has 0 N–H and O–H groups in total. The van der Waals surface area contributed by atoms with E-state index in [9.17, 15) is 4.79 Å². The number of ketones is 1. The molecule has 116 valence electrons. The van der Waals surface area contributed by atoms with Crippen LogP contribution in [0.1, 0.15) is 90.4 Å². The van der Waals surface area contributed by atoms with E-state index in [1.807, 2.05) is 0 Å². The number of hydrogen-bond acceptors (Lipinski definition) is 2. The minimum atomic E-state index is -0.0365. The number of hydrogen-bond donors (Lipinski definition) is 0. The molecule has 2 nitrogen and oxygen atoms in total. The molecule has 0 unspecified atom stereocenters. The summed E-state index contributed by atoms with van der Waals surface area (Å²) in [4.78, 5) is 15.4. The van der Waals surface area contributed by atoms with Gasteiger partial charge in [0.25, 0.3) is 0 Å². The Kier molecular flexibility index (Phi) is 6.54. The average molecular weight is 279 g/mol. The first-order chi connectivity index (χ1) is 9.79. The Labute approximate surface area is 125 Å². The van der Waals surface area contributed by atoms with Gasteiger partial charge in [-0.1, -0.05) is 51.9 Å². The lowest BCUT2D eigenvalue weighted by atomic mass is 9.85. The van der Waals surface area contributed by atoms with Gasteiger partial charge in [0, 0.05) is 6.42 Å². The lowest BCUT2D eigenvalue weighted by Gasteiger charge is -2.42. The van der Waals surface area contributed by atoms with Crippen molar-refractivity contribution >= 4 is 5.78 Å². The number of Topliss-reactive ketones (excluding diaryl/α,β-unsaturated/α-hetero) is 1. The van der Waals surface area contributed by atoms with Gasteiger partial charge in [0.1, 0.15) is 0 Å². The summed E-state index contributed by atoms with van der Waals surface area (Å²) < 4.78 is 0. The minimum absolute atomic E-state index is 0.0365. The molecule has 1 aliphatic heterocycles. The van der Waals surface area contributed by atoms with Crippen LogP contribution in [-0.4, -0.2) is 29.3 Å². The highest BCUT2D eigenvalue weighted by Gasteiger charge is 2.45. The van der Waals surface area contributed by atoms with Crippen LogP contribution in [0.2, 0.25) is 0 Å². The molecule has 2 fully saturated rings. The smallest absolute Gasteiger partial charge is 0.153 e. The van der Waals surface area contributed by atoms with E-state index in [-0.39, 0.29) is 5.54 Å². The normalized spacial score (nSPS) is 23.1. The molecule has 1 heterocycles. The summed E-state index contributed by atoms with van der Waals surface area (Å²) in [7, 11) is 0. The Morgan fingerprint density at radius 2 is 1.55 bits per heavy atom. The van der Waals surface area contributed by atoms with E-state index < -0.39 is 0 Å². The highest BCUT2D eigenvalue weighted by Crippen LogP contribution is 2.38. The third-order valence-corrected chi connectivity index (χ3v) is 5.42. The zero-order chi connectivity index (χ0) is 14.3. The van der Waals surface area contributed by atoms with E-state index in [0.29, 0.717) is 5.78 Å². The summed E-state index contributed by atoms with van der Waals surface area (Å²) in [6, 6.07) is 0. The van der Waals surface area contributed by atoms with Crippen LogP contribution in [0.3, 0.4) is 0 Å². The Bertz CT molecular complexity index is 288. The highest BCUT2D eigenvalue weighted by atomic mass is 16.1. The van der Waals surface area contributed by atoms with Crippen molar-refractivity contribution in [2.24, 2.45) is 0 Å². The molecule has 1 aliphatic carbocycles. The monoisotopic (exact) mass is 279 g/mol. The van der Waals surface area contributed by atoms with E-state index in [1.165, 1.54) is 70.9 Å². The lowest BCUT2D eigenvalue weighted by Crippen LogP contribution is -2.54. The molecule has 0 bridgehead atoms. The van der Waals surface area contributed by atoms with Crippen LogP contribution in [0.15, 0.2) is 0 Å². The number of unbranched alkanes of at least 4 members (excludes halogenated alkanes) is 4. The summed E-state index contributed by atoms with van der Waals surface area (Å²) in [5, 5.41) is 0. The maximum Gasteiger partial charge on any atom is 0.153 e. The third kappa shape index (κ3) is 3.84. The fraction of sp³-hybridized carbons (Fsp3) is 0.944. The van der Waals surface area contributed by atoms with Crippen LogP contribution >= 0.6 is 0 Å². The zero-order valence-electron chi connectivity index (χ0n) is 13.5. The summed E-state index contributed by atoms with van der Waals surface area (Å²) in [6.45, 7) is 4.58. The molecule has 2 rings (SSSR count). The van der Waals surface area contributed by atoms with Crippen LogP contribution in [0, 0.1) is 0 Å². The topological polar surface area (TPSA) is 20.3 Å². The summed E-state index contributed by atoms with van der Waals surface area (Å²) in [5.74, 6) is 0.577. The van der Waals surface area contributed by atoms with E-state index in [0.717, 1.165) is 25.7 Å². The standard InChI is InChI=1S/C18H33NO/c1-2-3-4-5-7-12-17(20)18(13-8-9-14-18)19-15-10-6-11-16-19/h2-16H2,1H3. The Morgan fingerprint density at radius 1 is 0.900 bits per heavy atom. The first-order valence-electron chi connectivity index (χ1n) is 9.08. The highest BCUT2D eigenvalue weighted by molar-refractivity contribution is 5.88. The van der Waals surface area contributed by atoms with E-state index >= 15 is 0 Å². The largest absolute Gasteiger partial charge is 0.298 e. The van der Waals surface area contributed by atoms with Gasteiger partial charge in [-0.15, -0.1) is 0 Å². The van der Waals surface area contributed by atoms with Gasteiger partial charge in [0.05, 0.1) is 5.54 Å². The van der Waals surface area contributed by atoms with Crippen molar-refractivity contribution in [3.05, 3.63) is 0 Å². The summed E-state index contributed by atoms with van der Waals surface area (Å²) in [6.07, 6.45) is 15.9. The molecular weight excluding hydrogens is 246 g/mol. The molecule has 0 aromatic heterocycles. The molecule has 20 heavy (non-hydrogen) atoms. The van der Waals surface area contributed by atoms with Crippen molar-refractivity contribution < 1.29 is 4.79 Å². The second-order valence-corrected chi connectivity index (χ2v) is 6.87. The first-order valence-corrected chi connectivity index (χ1v) is 9.08. The maximum atomic E-state index is 12.9. The number of piperidine rings is 1. The lowest BCUT2D eigenvalue weighted by molar-refractivity contribution is -0.132. The fourth-order valence-electron chi connectivity index (χ4n) is 4.18. The summed E-state index contributed by atoms with van der Waals surface area (Å²) >= 11 is 0. The quantitative estimate of drug-likeness (QED) is 0.599. The molecular formula is C18H33NO. The molecule has 2 aliphatic rings. The molecule has 0 amide bonds. The van der Waals surface area contributed by atoms with Crippen molar-refractivity contribution in [3.63, 3.8) is 0 Å². The van der Waals surface area contributed by atoms with E-state index in [2.05, 4.69) is 11.8 Å². The van der Waals surface area contributed by atoms with Crippen LogP contribution in [0.25, 0.3) is 0 Å². The van der Waals surface area contributed by atoms with Gasteiger partial charge < -0.3 is 0 Å². The van der Waals surface area contributed by atoms with E-state index in [1.54, 1.807) is 0 Å². The van der Waals surface area contributed by atoms with Crippen LogP contribution < -0.4 is 0 Å². The second-order valence-electron chi connectivity index (χ2n) is 6.87. The van der Waals surface area contributed by atoms with Crippen molar-refractivity contribution in [3.8, 4) is 0 Å². The molecule has 1 saturated carbocycles. The zero-order valence-corrected chi connectivity index (χ0v) is 13.5. The molecule has 0 aromatic carbocycles. The Balaban J connectivity index is 1.85. The van der Waals surface area contributed by atoms with Crippen LogP contribution in [0.4, 0.5) is 0 Å². The molecule has 1 saturated heterocycles. The van der Waals surface area contributed by atoms with Gasteiger partial charge in [-0.2, -0.15) is 0 Å². The number of carbonyl (C=O) groups is 1. The van der Waals surface area contributed by atoms with Crippen LogP contribution in [-0.2, 0) is 4.79 Å². The Hall–Kier alpha value is -0.370. The first kappa shape index (κ1) is 16.0. The molecule has 0 atom stereocenters. The Morgan fingerprint density at radius 3 is 2.20 bits per heavy atom. The second kappa shape index (κ2) is 8.17. The predicted molar refractivity (Wildman–Crippen MR) is 85.0 cm³/mol. The molecule has 0 radical (unpaired) electrons. The fourth-order valence-corrected chi connectivity index (χ4v) is 4.18. The summed E-state index contributed by atoms with van der Waals surface area (Å²) in [5.41, 5.74) is -0.0365. The van der Waals surface area contributed by atoms with Gasteiger partial charge in [0.2, 0.25) is 0 Å². The van der Waals surface area contributed by atoms with Crippen molar-refractivity contribution in [1.82, 2.24) is 4.90 Å². The van der Waals surface area contributed by atoms with Gasteiger partial charge in [-0.25, -0.2) is 0 Å². The van der Waals surface area contributed by atoms with E-state index in [4.69, 9.17) is 0 Å². The number of rotatable bonds is 8. The number of nitrogens with zero attached hydrogens (tertiary/aromatic N) is 1. The van der Waals surface area contributed by atoms with Crippen molar-refractivity contribution in [1.29, 1.82) is 0 Å². The molecule has 0 spiro atoms. The SMILES string of the molecule is CCCCCCCC(=O)C1(N2CCCCC2)CCCC1. The molecule has 2 heteroatoms. The number of carbonyl (C=O) groups excluding carboxylic acids is 1. The number of likely N-dealkylation sites (tertiary alicyclic amines) is 1. The van der Waals surface area contributed by atoms with Gasteiger partial charge in [-0.3, -0.25) is 9.69 Å².